The number of halogens is 1. The highest BCUT2D eigenvalue weighted by Crippen LogP contribution is 2.31. The molecular weight excluding hydrogens is 350 g/mol. The third-order valence-electron chi connectivity index (χ3n) is 3.58. The molecule has 0 aromatic carbocycles. The van der Waals surface area contributed by atoms with Gasteiger partial charge in [0, 0.05) is 17.2 Å². The number of nitrogens with one attached hydrogen (secondary N) is 1. The Kier molecular flexibility index (Phi) is 5.03. The van der Waals surface area contributed by atoms with Crippen molar-refractivity contribution < 1.29 is 19.0 Å². The number of allylic oxidation sites excluding steroid dienone is 1. The number of ketones is 1. The molecule has 1 unspecified atom stereocenters. The van der Waals surface area contributed by atoms with E-state index in [1.165, 1.54) is 11.8 Å². The number of thioether (sulfide) groups is 1. The van der Waals surface area contributed by atoms with Gasteiger partial charge in [-0.25, -0.2) is 0 Å². The number of rotatable bonds is 6. The number of aromatic hydroxyl groups is 1. The summed E-state index contributed by atoms with van der Waals surface area (Å²) in [6.45, 7) is 4.08. The minimum atomic E-state index is -0.262. The molecule has 0 bridgehead atoms. The van der Waals surface area contributed by atoms with Crippen LogP contribution in [-0.4, -0.2) is 33.0 Å². The zero-order valence-corrected chi connectivity index (χ0v) is 15.0. The van der Waals surface area contributed by atoms with Crippen LogP contribution in [0.2, 0.25) is 0 Å². The van der Waals surface area contributed by atoms with Crippen LogP contribution in [0.15, 0.2) is 35.5 Å². The second-order valence-corrected chi connectivity index (χ2v) is 7.61. The maximum atomic E-state index is 12.5. The van der Waals surface area contributed by atoms with Gasteiger partial charge in [-0.3, -0.25) is 4.79 Å². The van der Waals surface area contributed by atoms with E-state index in [1.807, 2.05) is 38.2 Å². The maximum absolute atomic E-state index is 12.5. The number of fused-ring (bicyclic) bond motifs is 1. The summed E-state index contributed by atoms with van der Waals surface area (Å²) in [5.41, 5.74) is 0.952. The summed E-state index contributed by atoms with van der Waals surface area (Å²) in [6, 6.07) is 5.53. The minimum absolute atomic E-state index is 0.0544. The average molecular weight is 369 g/mol. The Morgan fingerprint density at radius 2 is 2.33 bits per heavy atom. The lowest BCUT2D eigenvalue weighted by Crippen LogP contribution is -2.29. The van der Waals surface area contributed by atoms with Gasteiger partial charge in [-0.2, -0.15) is 8.97 Å². The zero-order valence-electron chi connectivity index (χ0n) is 13.4. The molecule has 2 aromatic heterocycles. The first-order valence-electron chi connectivity index (χ1n) is 7.60. The molecule has 6 nitrogen and oxygen atoms in total. The maximum Gasteiger partial charge on any atom is 0.335 e. The summed E-state index contributed by atoms with van der Waals surface area (Å²) >= 11 is 7.48. The lowest BCUT2D eigenvalue weighted by molar-refractivity contribution is -0.513. The Bertz CT molecular complexity index is 803. The topological polar surface area (TPSA) is 67.6 Å². The molecule has 8 heteroatoms. The normalized spacial score (nSPS) is 17.3. The Hall–Kier alpha value is -1.70. The highest BCUT2D eigenvalue weighted by Gasteiger charge is 2.31. The number of imidazole rings is 1. The van der Waals surface area contributed by atoms with E-state index in [2.05, 4.69) is 5.32 Å². The molecular formula is C16H19ClN3O3S+. The molecule has 2 aromatic rings. The van der Waals surface area contributed by atoms with Crippen molar-refractivity contribution in [3.8, 4) is 5.88 Å². The third-order valence-corrected chi connectivity index (χ3v) is 4.87. The van der Waals surface area contributed by atoms with Crippen LogP contribution in [0.4, 0.5) is 0 Å². The van der Waals surface area contributed by atoms with Gasteiger partial charge in [0.25, 0.3) is 11.3 Å². The summed E-state index contributed by atoms with van der Waals surface area (Å²) < 4.78 is 8.77. The lowest BCUT2D eigenvalue weighted by atomic mass is 10.3. The number of nitrogens with zero attached hydrogens (tertiary/aromatic N) is 2. The number of Topliss-reactive ketones (excluding diaryl/α,β-unsaturated/α-hetero) is 1. The van der Waals surface area contributed by atoms with Gasteiger partial charge in [0.05, 0.1) is 12.3 Å². The molecule has 0 aliphatic carbocycles. The Balaban J connectivity index is 1.98. The van der Waals surface area contributed by atoms with Crippen LogP contribution in [0.3, 0.4) is 0 Å². The standard InChI is InChI=1S/C16H18ClN3O3S/c1-10(2)23-9-12(21)14-15(22)20(8-11-7-18-16(17)24-11)13-5-3-4-6-19(13)14/h3-7,10,16,18H,8-9H2,1-2H3/p+1. The van der Waals surface area contributed by atoms with Crippen molar-refractivity contribution in [1.82, 2.24) is 9.88 Å². The highest BCUT2D eigenvalue weighted by atomic mass is 35.5. The fraction of sp³-hybridized carbons (Fsp3) is 0.375. The predicted molar refractivity (Wildman–Crippen MR) is 93.1 cm³/mol. The molecule has 24 heavy (non-hydrogen) atoms. The molecule has 3 heterocycles. The molecule has 0 saturated heterocycles. The first kappa shape index (κ1) is 17.1. The number of hydrogen-bond acceptors (Lipinski definition) is 5. The zero-order chi connectivity index (χ0) is 17.3. The van der Waals surface area contributed by atoms with E-state index in [4.69, 9.17) is 16.3 Å². The number of pyridine rings is 1. The minimum Gasteiger partial charge on any atom is -0.475 e. The largest absolute Gasteiger partial charge is 0.475 e. The first-order chi connectivity index (χ1) is 11.5. The van der Waals surface area contributed by atoms with Crippen LogP contribution in [0, 0.1) is 0 Å². The van der Waals surface area contributed by atoms with E-state index in [0.717, 1.165) is 10.6 Å². The van der Waals surface area contributed by atoms with E-state index in [0.29, 0.717) is 6.54 Å². The number of aromatic nitrogens is 2. The Labute approximate surface area is 149 Å². The fourth-order valence-corrected chi connectivity index (χ4v) is 3.66. The van der Waals surface area contributed by atoms with Gasteiger partial charge >= 0.3 is 5.88 Å². The van der Waals surface area contributed by atoms with Crippen molar-refractivity contribution >= 4 is 34.8 Å². The summed E-state index contributed by atoms with van der Waals surface area (Å²) in [6.07, 6.45) is 3.53. The summed E-state index contributed by atoms with van der Waals surface area (Å²) in [7, 11) is 0. The smallest absolute Gasteiger partial charge is 0.335 e. The van der Waals surface area contributed by atoms with Crippen molar-refractivity contribution in [2.45, 2.75) is 31.3 Å². The molecule has 0 amide bonds. The Morgan fingerprint density at radius 1 is 1.54 bits per heavy atom. The van der Waals surface area contributed by atoms with Gasteiger partial charge in [0.1, 0.15) is 13.2 Å². The second kappa shape index (κ2) is 7.04. The summed E-state index contributed by atoms with van der Waals surface area (Å²) in [4.78, 5) is 13.3. The van der Waals surface area contributed by atoms with E-state index < -0.39 is 0 Å². The molecule has 2 N–H and O–H groups in total. The third kappa shape index (κ3) is 3.38. The second-order valence-electron chi connectivity index (χ2n) is 5.68. The van der Waals surface area contributed by atoms with Gasteiger partial charge in [-0.05, 0) is 19.9 Å². The van der Waals surface area contributed by atoms with Crippen LogP contribution in [0.5, 0.6) is 5.88 Å². The summed E-state index contributed by atoms with van der Waals surface area (Å²) in [5, 5.41) is 13.6. The van der Waals surface area contributed by atoms with Crippen LogP contribution >= 0.6 is 23.4 Å². The van der Waals surface area contributed by atoms with Crippen LogP contribution in [0.25, 0.3) is 5.65 Å². The Morgan fingerprint density at radius 3 is 3.00 bits per heavy atom. The van der Waals surface area contributed by atoms with Gasteiger partial charge < -0.3 is 15.2 Å². The molecule has 1 aliphatic heterocycles. The monoisotopic (exact) mass is 368 g/mol. The van der Waals surface area contributed by atoms with Crippen molar-refractivity contribution in [3.63, 3.8) is 0 Å². The van der Waals surface area contributed by atoms with Gasteiger partial charge in [0.15, 0.2) is 4.83 Å². The van der Waals surface area contributed by atoms with E-state index in [1.54, 1.807) is 15.2 Å². The molecule has 128 valence electrons. The fourth-order valence-electron chi connectivity index (χ4n) is 2.51. The van der Waals surface area contributed by atoms with Crippen LogP contribution in [-0.2, 0) is 11.3 Å². The van der Waals surface area contributed by atoms with Gasteiger partial charge in [-0.15, -0.1) is 0 Å². The van der Waals surface area contributed by atoms with Crippen LogP contribution in [0.1, 0.15) is 24.3 Å². The van der Waals surface area contributed by atoms with Crippen molar-refractivity contribution in [2.75, 3.05) is 6.61 Å². The molecule has 3 rings (SSSR count). The van der Waals surface area contributed by atoms with Crippen molar-refractivity contribution in [1.29, 1.82) is 0 Å². The highest BCUT2D eigenvalue weighted by molar-refractivity contribution is 8.04. The molecule has 1 atom stereocenters. The predicted octanol–water partition coefficient (Wildman–Crippen LogP) is 2.24. The lowest BCUT2D eigenvalue weighted by Gasteiger charge is -2.04. The van der Waals surface area contributed by atoms with Crippen molar-refractivity contribution in [3.05, 3.63) is 41.2 Å². The average Bonchev–Trinajstić information content (AvgIpc) is 3.07. The summed E-state index contributed by atoms with van der Waals surface area (Å²) in [5.74, 6) is -0.333. The van der Waals surface area contributed by atoms with Crippen LogP contribution < -0.4 is 9.72 Å². The van der Waals surface area contributed by atoms with Crippen molar-refractivity contribution in [2.24, 2.45) is 0 Å². The molecule has 0 saturated carbocycles. The molecule has 1 aliphatic rings. The molecule has 0 spiro atoms. The van der Waals surface area contributed by atoms with Gasteiger partial charge in [-0.1, -0.05) is 29.4 Å². The number of carbonyl (C=O) groups is 1. The number of alkyl halides is 1. The van der Waals surface area contributed by atoms with Gasteiger partial charge in [0.2, 0.25) is 5.78 Å². The number of hydrogen-bond donors (Lipinski definition) is 2. The SMILES string of the molecule is CC(C)OCC(=O)c1c(O)n(CC2=CNC(Cl)S2)c2cccc[n+]12. The molecule has 0 radical (unpaired) electrons. The van der Waals surface area contributed by atoms with E-state index >= 15 is 0 Å². The number of carbonyl (C=O) groups excluding carboxylic acids is 1. The van der Waals surface area contributed by atoms with E-state index in [-0.39, 0.29) is 34.9 Å². The van der Waals surface area contributed by atoms with E-state index in [9.17, 15) is 9.90 Å². The quantitative estimate of drug-likeness (QED) is 0.354. The first-order valence-corrected chi connectivity index (χ1v) is 8.91. The molecule has 0 fully saturated rings. The number of ether oxygens (including phenoxy) is 1.